The third-order valence-electron chi connectivity index (χ3n) is 4.25. The minimum Gasteiger partial charge on any atom is -0.475 e. The van der Waals surface area contributed by atoms with Gasteiger partial charge in [0, 0.05) is 30.1 Å². The largest absolute Gasteiger partial charge is 0.475 e. The number of carbonyl (C=O) groups excluding carboxylic acids is 1. The lowest BCUT2D eigenvalue weighted by atomic mass is 9.93. The van der Waals surface area contributed by atoms with Crippen molar-refractivity contribution in [3.05, 3.63) is 52.4 Å². The number of carboxylic acids is 1. The fraction of sp³-hybridized carbons (Fsp3) is 0.353. The maximum atomic E-state index is 12.4. The lowest BCUT2D eigenvalue weighted by Crippen LogP contribution is -2.38. The fourth-order valence-corrected chi connectivity index (χ4v) is 3.15. The van der Waals surface area contributed by atoms with Crippen LogP contribution in [-0.2, 0) is 11.2 Å². The highest BCUT2D eigenvalue weighted by molar-refractivity contribution is 6.30. The van der Waals surface area contributed by atoms with E-state index in [1.54, 1.807) is 12.1 Å². The van der Waals surface area contributed by atoms with Gasteiger partial charge in [-0.1, -0.05) is 28.9 Å². The van der Waals surface area contributed by atoms with Crippen molar-refractivity contribution in [1.82, 2.24) is 10.1 Å². The predicted octanol–water partition coefficient (Wildman–Crippen LogP) is 2.97. The van der Waals surface area contributed by atoms with Crippen LogP contribution < -0.4 is 0 Å². The minimum atomic E-state index is -1.12. The molecule has 1 aliphatic heterocycles. The summed E-state index contributed by atoms with van der Waals surface area (Å²) in [5, 5.41) is 13.3. The lowest BCUT2D eigenvalue weighted by Gasteiger charge is -2.31. The van der Waals surface area contributed by atoms with Crippen LogP contribution in [0.2, 0.25) is 5.02 Å². The van der Waals surface area contributed by atoms with Gasteiger partial charge in [-0.2, -0.15) is 0 Å². The molecule has 1 amide bonds. The van der Waals surface area contributed by atoms with Crippen LogP contribution in [0, 0.1) is 0 Å². The zero-order valence-electron chi connectivity index (χ0n) is 12.9. The molecule has 0 aliphatic carbocycles. The van der Waals surface area contributed by atoms with E-state index in [-0.39, 0.29) is 17.6 Å². The van der Waals surface area contributed by atoms with Crippen LogP contribution in [0.25, 0.3) is 0 Å². The molecule has 1 fully saturated rings. The molecule has 1 N–H and O–H groups in total. The van der Waals surface area contributed by atoms with E-state index >= 15 is 0 Å². The minimum absolute atomic E-state index is 0.0714. The number of amides is 1. The first-order chi connectivity index (χ1) is 11.5. The lowest BCUT2D eigenvalue weighted by molar-refractivity contribution is -0.131. The van der Waals surface area contributed by atoms with Crippen LogP contribution in [-0.4, -0.2) is 40.1 Å². The molecule has 0 spiro atoms. The van der Waals surface area contributed by atoms with Crippen molar-refractivity contribution < 1.29 is 19.2 Å². The maximum Gasteiger partial charge on any atom is 0.374 e. The highest BCUT2D eigenvalue weighted by atomic mass is 35.5. The number of aromatic carboxylic acids is 1. The van der Waals surface area contributed by atoms with E-state index in [0.29, 0.717) is 30.2 Å². The zero-order chi connectivity index (χ0) is 17.1. The molecule has 24 heavy (non-hydrogen) atoms. The highest BCUT2D eigenvalue weighted by Gasteiger charge is 2.26. The van der Waals surface area contributed by atoms with E-state index in [4.69, 9.17) is 21.2 Å². The molecule has 2 aromatic rings. The van der Waals surface area contributed by atoms with E-state index in [9.17, 15) is 9.59 Å². The Labute approximate surface area is 144 Å². The smallest absolute Gasteiger partial charge is 0.374 e. The van der Waals surface area contributed by atoms with Gasteiger partial charge in [0.2, 0.25) is 11.7 Å². The Balaban J connectivity index is 1.56. The van der Waals surface area contributed by atoms with Gasteiger partial charge in [0.05, 0.1) is 12.1 Å². The van der Waals surface area contributed by atoms with Crippen molar-refractivity contribution in [3.63, 3.8) is 0 Å². The van der Waals surface area contributed by atoms with Crippen molar-refractivity contribution in [2.75, 3.05) is 13.1 Å². The van der Waals surface area contributed by atoms with Crippen molar-refractivity contribution in [3.8, 4) is 0 Å². The van der Waals surface area contributed by atoms with Crippen LogP contribution in [0.1, 0.15) is 40.6 Å². The summed E-state index contributed by atoms with van der Waals surface area (Å²) in [6.45, 7) is 1.25. The Bertz CT molecular complexity index is 751. The van der Waals surface area contributed by atoms with E-state index in [0.717, 1.165) is 18.4 Å². The number of halogens is 1. The summed E-state index contributed by atoms with van der Waals surface area (Å²) in [5.74, 6) is -1.08. The monoisotopic (exact) mass is 348 g/mol. The second-order valence-corrected chi connectivity index (χ2v) is 6.32. The van der Waals surface area contributed by atoms with Gasteiger partial charge >= 0.3 is 5.97 Å². The Morgan fingerprint density at radius 3 is 2.67 bits per heavy atom. The number of piperidine rings is 1. The number of benzene rings is 1. The van der Waals surface area contributed by atoms with Gasteiger partial charge in [-0.25, -0.2) is 4.79 Å². The molecular weight excluding hydrogens is 332 g/mol. The van der Waals surface area contributed by atoms with Crippen molar-refractivity contribution in [1.29, 1.82) is 0 Å². The molecule has 0 atom stereocenters. The van der Waals surface area contributed by atoms with E-state index in [2.05, 4.69) is 5.16 Å². The normalized spacial score (nSPS) is 15.5. The van der Waals surface area contributed by atoms with Crippen LogP contribution in [0.4, 0.5) is 0 Å². The molecular formula is C17H17ClN2O4. The maximum absolute atomic E-state index is 12.4. The van der Waals surface area contributed by atoms with E-state index < -0.39 is 5.97 Å². The quantitative estimate of drug-likeness (QED) is 0.918. The van der Waals surface area contributed by atoms with Crippen molar-refractivity contribution in [2.24, 2.45) is 0 Å². The summed E-state index contributed by atoms with van der Waals surface area (Å²) in [6.07, 6.45) is 1.82. The summed E-state index contributed by atoms with van der Waals surface area (Å²) in [7, 11) is 0. The molecule has 1 saturated heterocycles. The van der Waals surface area contributed by atoms with Crippen molar-refractivity contribution in [2.45, 2.75) is 25.2 Å². The number of hydrogen-bond donors (Lipinski definition) is 1. The van der Waals surface area contributed by atoms with Crippen LogP contribution >= 0.6 is 11.6 Å². The first-order valence-electron chi connectivity index (χ1n) is 7.75. The molecule has 0 unspecified atom stereocenters. The number of rotatable bonds is 4. The predicted molar refractivity (Wildman–Crippen MR) is 87.2 cm³/mol. The van der Waals surface area contributed by atoms with Gasteiger partial charge in [0.1, 0.15) is 0 Å². The summed E-state index contributed by atoms with van der Waals surface area (Å²) in [4.78, 5) is 25.1. The van der Waals surface area contributed by atoms with Gasteiger partial charge in [0.25, 0.3) is 0 Å². The number of aromatic nitrogens is 1. The summed E-state index contributed by atoms with van der Waals surface area (Å²) < 4.78 is 4.80. The second-order valence-electron chi connectivity index (χ2n) is 5.88. The molecule has 0 radical (unpaired) electrons. The highest BCUT2D eigenvalue weighted by Crippen LogP contribution is 2.28. The Morgan fingerprint density at radius 2 is 2.04 bits per heavy atom. The first kappa shape index (κ1) is 16.5. The Kier molecular flexibility index (Phi) is 4.85. The fourth-order valence-electron chi connectivity index (χ4n) is 2.94. The number of carbonyl (C=O) groups is 2. The molecule has 126 valence electrons. The number of hydrogen-bond acceptors (Lipinski definition) is 4. The standard InChI is InChI=1S/C17H17ClN2O4/c18-13-3-1-2-11(8-13)9-16(21)20-6-4-12(5-7-20)14-10-15(17(22)23)24-19-14/h1-3,8,10,12H,4-7,9H2,(H,22,23). The average Bonchev–Trinajstić information content (AvgIpc) is 3.05. The molecule has 3 rings (SSSR count). The number of carboxylic acid groups (broad SMARTS) is 1. The summed E-state index contributed by atoms with van der Waals surface area (Å²) in [6, 6.07) is 8.77. The SMILES string of the molecule is O=C(O)c1cc(C2CCN(C(=O)Cc3cccc(Cl)c3)CC2)no1. The third-order valence-corrected chi connectivity index (χ3v) is 4.48. The molecule has 1 aliphatic rings. The topological polar surface area (TPSA) is 83.6 Å². The summed E-state index contributed by atoms with van der Waals surface area (Å²) in [5.41, 5.74) is 1.55. The van der Waals surface area contributed by atoms with Crippen molar-refractivity contribution >= 4 is 23.5 Å². The third kappa shape index (κ3) is 3.76. The van der Waals surface area contributed by atoms with Gasteiger partial charge < -0.3 is 14.5 Å². The molecule has 6 nitrogen and oxygen atoms in total. The molecule has 1 aromatic heterocycles. The number of likely N-dealkylation sites (tertiary alicyclic amines) is 1. The van der Waals surface area contributed by atoms with E-state index in [1.165, 1.54) is 6.07 Å². The first-order valence-corrected chi connectivity index (χ1v) is 8.13. The van der Waals surface area contributed by atoms with E-state index in [1.807, 2.05) is 17.0 Å². The number of nitrogens with zero attached hydrogens (tertiary/aromatic N) is 2. The second kappa shape index (κ2) is 7.05. The molecule has 0 saturated carbocycles. The Morgan fingerprint density at radius 1 is 1.29 bits per heavy atom. The molecule has 0 bridgehead atoms. The molecule has 2 heterocycles. The molecule has 1 aromatic carbocycles. The van der Waals surface area contributed by atoms with Crippen LogP contribution in [0.5, 0.6) is 0 Å². The van der Waals surface area contributed by atoms with Crippen LogP contribution in [0.3, 0.4) is 0 Å². The van der Waals surface area contributed by atoms with Gasteiger partial charge in [-0.05, 0) is 30.5 Å². The van der Waals surface area contributed by atoms with Gasteiger partial charge in [-0.3, -0.25) is 4.79 Å². The Hall–Kier alpha value is -2.34. The van der Waals surface area contributed by atoms with Crippen LogP contribution in [0.15, 0.2) is 34.9 Å². The summed E-state index contributed by atoms with van der Waals surface area (Å²) >= 11 is 5.94. The zero-order valence-corrected chi connectivity index (χ0v) is 13.7. The molecule has 7 heteroatoms. The average molecular weight is 349 g/mol. The van der Waals surface area contributed by atoms with Gasteiger partial charge in [0.15, 0.2) is 0 Å². The van der Waals surface area contributed by atoms with Gasteiger partial charge in [-0.15, -0.1) is 0 Å².